The van der Waals surface area contributed by atoms with Gasteiger partial charge < -0.3 is 31.3 Å². The summed E-state index contributed by atoms with van der Waals surface area (Å²) in [5.41, 5.74) is 9.39. The van der Waals surface area contributed by atoms with Crippen molar-refractivity contribution in [2.24, 2.45) is 11.5 Å². The van der Waals surface area contributed by atoms with Gasteiger partial charge in [0, 0.05) is 13.8 Å². The zero-order valence-corrected chi connectivity index (χ0v) is 13.0. The summed E-state index contributed by atoms with van der Waals surface area (Å²) in [7, 11) is 0. The third-order valence-electron chi connectivity index (χ3n) is 0.575. The van der Waals surface area contributed by atoms with Crippen LogP contribution in [0.25, 0.3) is 0 Å². The Balaban J connectivity index is -0.0000000544. The summed E-state index contributed by atoms with van der Waals surface area (Å²) in [4.78, 5) is 37.4. The van der Waals surface area contributed by atoms with Crippen LogP contribution < -0.4 is 21.7 Å². The van der Waals surface area contributed by atoms with Crippen molar-refractivity contribution in [2.45, 2.75) is 27.7 Å². The Morgan fingerprint density at radius 2 is 0.762 bits per heavy atom. The minimum atomic E-state index is -1.63. The second kappa shape index (κ2) is 20.1. The van der Waals surface area contributed by atoms with Crippen molar-refractivity contribution >= 4 is 35.2 Å². The SMILES string of the molecule is CC(=N)N.CC(=N)N.CC(=O)C(=O)[O-].CC(=O)C(=O)[O-].[Co+2]. The number of Topliss-reactive ketones (excluding diaryl/α,β-unsaturated/α-hetero) is 2. The Morgan fingerprint density at radius 3 is 0.762 bits per heavy atom. The van der Waals surface area contributed by atoms with Crippen molar-refractivity contribution < 1.29 is 46.2 Å². The molecule has 0 saturated carbocycles. The van der Waals surface area contributed by atoms with Gasteiger partial charge in [0.25, 0.3) is 0 Å². The molecule has 0 unspecified atom stereocenters. The Bertz CT molecular complexity index is 316. The van der Waals surface area contributed by atoms with E-state index in [-0.39, 0.29) is 28.5 Å². The van der Waals surface area contributed by atoms with E-state index in [2.05, 4.69) is 0 Å². The fraction of sp³-hybridized carbons (Fsp3) is 0.400. The van der Waals surface area contributed by atoms with Crippen LogP contribution in [0.5, 0.6) is 0 Å². The molecule has 0 aromatic heterocycles. The molecule has 0 saturated heterocycles. The predicted molar refractivity (Wildman–Crippen MR) is 66.6 cm³/mol. The molecule has 0 amide bonds. The van der Waals surface area contributed by atoms with E-state index < -0.39 is 23.5 Å². The van der Waals surface area contributed by atoms with Crippen LogP contribution in [0.1, 0.15) is 27.7 Å². The molecule has 0 aliphatic carbocycles. The Hall–Kier alpha value is -2.27. The number of ketones is 2. The zero-order chi connectivity index (χ0) is 17.5. The van der Waals surface area contributed by atoms with E-state index in [4.69, 9.17) is 22.3 Å². The number of nitrogens with one attached hydrogen (secondary N) is 2. The summed E-state index contributed by atoms with van der Waals surface area (Å²) >= 11 is 0. The quantitative estimate of drug-likeness (QED) is 0.222. The molecule has 0 aromatic rings. The van der Waals surface area contributed by atoms with Gasteiger partial charge in [-0.15, -0.1) is 0 Å². The van der Waals surface area contributed by atoms with Gasteiger partial charge in [-0.05, 0) is 13.8 Å². The number of carbonyl (C=O) groups is 4. The van der Waals surface area contributed by atoms with Crippen LogP contribution in [0.2, 0.25) is 0 Å². The molecular formula is C10H18CoN4O6. The molecule has 0 spiro atoms. The summed E-state index contributed by atoms with van der Waals surface area (Å²) in [6.45, 7) is 4.94. The minimum Gasteiger partial charge on any atom is -0.542 e. The van der Waals surface area contributed by atoms with Crippen LogP contribution in [0, 0.1) is 10.8 Å². The summed E-state index contributed by atoms with van der Waals surface area (Å²) < 4.78 is 0. The van der Waals surface area contributed by atoms with Crippen LogP contribution in [-0.2, 0) is 36.0 Å². The molecular weight excluding hydrogens is 331 g/mol. The normalized spacial score (nSPS) is 6.67. The number of carboxylic acid groups (broad SMARTS) is 2. The molecule has 10 nitrogen and oxygen atoms in total. The van der Waals surface area contributed by atoms with Gasteiger partial charge in [0.15, 0.2) is 11.6 Å². The molecule has 0 rings (SSSR count). The van der Waals surface area contributed by atoms with E-state index in [1.54, 1.807) is 0 Å². The molecule has 0 atom stereocenters. The van der Waals surface area contributed by atoms with E-state index in [9.17, 15) is 29.4 Å². The van der Waals surface area contributed by atoms with Crippen LogP contribution in [0.15, 0.2) is 0 Å². The maximum Gasteiger partial charge on any atom is 2.00 e. The molecule has 0 heterocycles. The summed E-state index contributed by atoms with van der Waals surface area (Å²) in [5, 5.41) is 31.0. The maximum atomic E-state index is 9.48. The third kappa shape index (κ3) is 134. The van der Waals surface area contributed by atoms with Gasteiger partial charge in [-0.1, -0.05) is 0 Å². The maximum absolute atomic E-state index is 9.48. The summed E-state index contributed by atoms with van der Waals surface area (Å²) in [5.74, 6) is -4.80. The minimum absolute atomic E-state index is 0. The molecule has 123 valence electrons. The Kier molecular flexibility index (Phi) is 29.8. The fourth-order valence-corrected chi connectivity index (χ4v) is 0. The monoisotopic (exact) mass is 349 g/mol. The molecule has 0 aromatic carbocycles. The van der Waals surface area contributed by atoms with E-state index in [1.165, 1.54) is 13.8 Å². The topological polar surface area (TPSA) is 214 Å². The standard InChI is InChI=1S/2C3H4O3.2C2H6N2.Co/c2*1-2(4)3(5)6;2*1-2(3)4;/h2*1H3,(H,5,6);2*1H3,(H3,3,4);/q;;;;+2/p-2. The number of amidine groups is 2. The molecule has 1 radical (unpaired) electrons. The number of carboxylic acids is 2. The van der Waals surface area contributed by atoms with E-state index in [1.807, 2.05) is 0 Å². The number of nitrogens with two attached hydrogens (primary N) is 2. The number of hydrogen-bond acceptors (Lipinski definition) is 8. The van der Waals surface area contributed by atoms with Gasteiger partial charge >= 0.3 is 16.8 Å². The fourth-order valence-electron chi connectivity index (χ4n) is 0. The van der Waals surface area contributed by atoms with Crippen molar-refractivity contribution in [3.05, 3.63) is 0 Å². The zero-order valence-electron chi connectivity index (χ0n) is 11.9. The Labute approximate surface area is 132 Å². The van der Waals surface area contributed by atoms with Gasteiger partial charge in [-0.3, -0.25) is 20.4 Å². The first-order valence-electron chi connectivity index (χ1n) is 4.80. The summed E-state index contributed by atoms with van der Waals surface area (Å²) in [6.07, 6.45) is 0. The van der Waals surface area contributed by atoms with Crippen molar-refractivity contribution in [3.63, 3.8) is 0 Å². The van der Waals surface area contributed by atoms with Gasteiger partial charge in [0.2, 0.25) is 0 Å². The van der Waals surface area contributed by atoms with E-state index in [0.29, 0.717) is 0 Å². The molecule has 0 aliphatic heterocycles. The number of carbonyl (C=O) groups excluding carboxylic acids is 4. The van der Waals surface area contributed by atoms with Crippen molar-refractivity contribution in [2.75, 3.05) is 0 Å². The molecule has 0 bridgehead atoms. The molecule has 21 heavy (non-hydrogen) atoms. The molecule has 6 N–H and O–H groups in total. The second-order valence-electron chi connectivity index (χ2n) is 3.05. The first-order valence-corrected chi connectivity index (χ1v) is 4.80. The first kappa shape index (κ1) is 31.2. The third-order valence-corrected chi connectivity index (χ3v) is 0.575. The van der Waals surface area contributed by atoms with Crippen LogP contribution in [-0.4, -0.2) is 35.2 Å². The number of aliphatic carboxylic acids is 2. The van der Waals surface area contributed by atoms with Gasteiger partial charge in [0.1, 0.15) is 11.9 Å². The van der Waals surface area contributed by atoms with Crippen LogP contribution >= 0.6 is 0 Å². The van der Waals surface area contributed by atoms with Crippen molar-refractivity contribution in [3.8, 4) is 0 Å². The number of hydrogen-bond donors (Lipinski definition) is 4. The van der Waals surface area contributed by atoms with Crippen molar-refractivity contribution in [1.29, 1.82) is 10.8 Å². The second-order valence-corrected chi connectivity index (χ2v) is 3.05. The van der Waals surface area contributed by atoms with Gasteiger partial charge in [0.05, 0.1) is 11.7 Å². The Morgan fingerprint density at radius 1 is 0.714 bits per heavy atom. The average Bonchev–Trinajstić information content (AvgIpc) is 2.15. The largest absolute Gasteiger partial charge is 2.00 e. The average molecular weight is 349 g/mol. The molecule has 11 heteroatoms. The number of rotatable bonds is 2. The first-order chi connectivity index (χ1) is 8.75. The van der Waals surface area contributed by atoms with Gasteiger partial charge in [-0.25, -0.2) is 0 Å². The smallest absolute Gasteiger partial charge is 0.542 e. The predicted octanol–water partition coefficient (Wildman–Crippen LogP) is -3.47. The van der Waals surface area contributed by atoms with Crippen molar-refractivity contribution in [1.82, 2.24) is 0 Å². The van der Waals surface area contributed by atoms with Crippen LogP contribution in [0.3, 0.4) is 0 Å². The van der Waals surface area contributed by atoms with E-state index in [0.717, 1.165) is 13.8 Å². The molecule has 0 fully saturated rings. The van der Waals surface area contributed by atoms with Gasteiger partial charge in [-0.2, -0.15) is 0 Å². The molecule has 0 aliphatic rings. The van der Waals surface area contributed by atoms with Crippen LogP contribution in [0.4, 0.5) is 0 Å². The summed E-state index contributed by atoms with van der Waals surface area (Å²) in [6, 6.07) is 0. The van der Waals surface area contributed by atoms with E-state index >= 15 is 0 Å².